The molecule has 0 bridgehead atoms. The smallest absolute Gasteiger partial charge is 0.410 e. The minimum Gasteiger partial charge on any atom is -0.456 e. The van der Waals surface area contributed by atoms with Crippen LogP contribution in [0, 0.1) is 46.3 Å². The number of esters is 3. The lowest BCUT2D eigenvalue weighted by Gasteiger charge is -2.41. The quantitative estimate of drug-likeness (QED) is 0.0151. The van der Waals surface area contributed by atoms with Gasteiger partial charge in [-0.3, -0.25) is 14.4 Å². The van der Waals surface area contributed by atoms with Crippen LogP contribution >= 0.6 is 11.8 Å². The van der Waals surface area contributed by atoms with Gasteiger partial charge in [-0.2, -0.15) is 0 Å². The van der Waals surface area contributed by atoms with Crippen molar-refractivity contribution >= 4 is 52.8 Å². The Morgan fingerprint density at radius 2 is 0.812 bits per heavy atom. The van der Waals surface area contributed by atoms with Crippen LogP contribution < -0.4 is 0 Å². The first-order valence-electron chi connectivity index (χ1n) is 51.4. The molecule has 0 aromatic heterocycles. The number of carbonyl (C=O) groups is 5. The predicted octanol–water partition coefficient (Wildman–Crippen LogP) is 23.8. The van der Waals surface area contributed by atoms with Crippen LogP contribution in [0.1, 0.15) is 255 Å². The number of halogens is 2. The molecule has 7 heterocycles. The Bertz CT molecular complexity index is 4870. The Morgan fingerprint density at radius 1 is 0.451 bits per heavy atom. The van der Waals surface area contributed by atoms with Crippen molar-refractivity contribution in [1.82, 2.24) is 14.1 Å². The van der Waals surface area contributed by atoms with Crippen LogP contribution in [0.5, 0.6) is 0 Å². The van der Waals surface area contributed by atoms with Crippen molar-refractivity contribution in [1.29, 1.82) is 0 Å². The van der Waals surface area contributed by atoms with E-state index in [0.717, 1.165) is 110 Å². The number of alkyl halides is 2. The zero-order valence-electron chi connectivity index (χ0n) is 87.6. The third kappa shape index (κ3) is 38.8. The van der Waals surface area contributed by atoms with E-state index in [9.17, 15) is 47.2 Å². The van der Waals surface area contributed by atoms with Crippen molar-refractivity contribution in [2.75, 3.05) is 19.6 Å². The third-order valence-corrected chi connectivity index (χ3v) is 31.1. The molecule has 9 aliphatic rings. The summed E-state index contributed by atoms with van der Waals surface area (Å²) in [7, 11) is -1.13. The molecule has 9 fully saturated rings. The number of aliphatic hydroxyl groups is 2. The molecule has 2 aliphatic carbocycles. The van der Waals surface area contributed by atoms with E-state index in [1.807, 2.05) is 262 Å². The minimum absolute atomic E-state index is 0.0404. The van der Waals surface area contributed by atoms with Crippen LogP contribution in [-0.2, 0) is 115 Å². The number of azide groups is 2. The van der Waals surface area contributed by atoms with Gasteiger partial charge in [-0.25, -0.2) is 26.9 Å². The van der Waals surface area contributed by atoms with Crippen molar-refractivity contribution in [3.63, 3.8) is 0 Å². The first-order valence-corrected chi connectivity index (χ1v) is 53.4. The van der Waals surface area contributed by atoms with E-state index in [4.69, 9.17) is 67.9 Å². The number of aliphatic hydroxyl groups excluding tert-OH is 2. The van der Waals surface area contributed by atoms with E-state index in [0.29, 0.717) is 62.3 Å². The van der Waals surface area contributed by atoms with E-state index >= 15 is 0 Å². The molecule has 26 atom stereocenters. The summed E-state index contributed by atoms with van der Waals surface area (Å²) in [5.41, 5.74) is 22.1. The van der Waals surface area contributed by atoms with Crippen molar-refractivity contribution in [3.8, 4) is 0 Å². The summed E-state index contributed by atoms with van der Waals surface area (Å²) in [6, 6.07) is 58.6. The van der Waals surface area contributed by atoms with Crippen LogP contribution in [0.3, 0.4) is 0 Å². The van der Waals surface area contributed by atoms with E-state index in [1.165, 1.54) is 58.2 Å². The zero-order chi connectivity index (χ0) is 105. The molecule has 794 valence electrons. The number of thioether (sulfide) groups is 1. The number of hydrogen-bond donors (Lipinski definition) is 2. The maximum atomic E-state index is 14.6. The van der Waals surface area contributed by atoms with Crippen LogP contribution in [0.4, 0.5) is 18.4 Å². The lowest BCUT2D eigenvalue weighted by molar-refractivity contribution is -0.244. The molecule has 0 radical (unpaired) electrons. The van der Waals surface area contributed by atoms with E-state index in [-0.39, 0.29) is 114 Å². The molecule has 33 heteroatoms. The van der Waals surface area contributed by atoms with Crippen molar-refractivity contribution in [2.24, 2.45) is 56.6 Å². The third-order valence-electron chi connectivity index (χ3n) is 28.1. The number of amides is 2. The predicted molar refractivity (Wildman–Crippen MR) is 552 cm³/mol. The summed E-state index contributed by atoms with van der Waals surface area (Å²) < 4.78 is 110. The standard InChI is InChI=1S/C24H29NO5.C22H27NO4.C18H29NO3S.C16H21FO3S.C11H19FO3.2C10H17N3O/c1-18-13-14-22(30-23(18)29-19(2)26)16-25(15-20-9-5-3-6-10-20)24(27)28-17-21-11-7-4-8-12-21;1-17-12-13-20(27-21(17)24)15-23(14-18-8-4-2-5-9-18)22(25)26-16-19-10-6-3-7-11-19;1-14-10-11-16(22-17(14)20)13-19(23(21)18(2,3)4)12-15-8-6-5-7-9-15;1-4-13-10(2)14(17)15(19-11(3)18)16(20-13)21-12-8-6-5-7-9-12;1-5-9-6(2)10(12)7(3)11(15-9)14-8(4)13;2*1-7-8(12-13-11)3-4-9(14-7)10(2)5-6-10/h3-12,18,22-23H,13-17H2,1-2H3;2-11,17,20-21,24H,12-16H2,1H3;5-9,14,16-17,20H,10-13H2,1-4H3;5-10,13-16H,4H2,1-3H3;6-7,9-11H,5H2,1-4H3;2*7-9H,3-6H2,1-2H3/t18?,22-,23?;17?,20-,21?;14?,16-,17?,23-;10-,13-,14+,15-,16+;6-,7-,9-,10+,11?;7?,8-,9+;7?,8-,9-/m0001110/s1. The van der Waals surface area contributed by atoms with Gasteiger partial charge in [-0.05, 0) is 199 Å². The molecule has 7 saturated heterocycles. The second-order valence-electron chi connectivity index (χ2n) is 41.3. The van der Waals surface area contributed by atoms with Gasteiger partial charge < -0.3 is 76.9 Å². The Kier molecular flexibility index (Phi) is 48.6. The molecule has 6 aromatic carbocycles. The van der Waals surface area contributed by atoms with E-state index in [1.54, 1.807) is 23.6 Å². The van der Waals surface area contributed by atoms with Gasteiger partial charge in [-0.1, -0.05) is 261 Å². The van der Waals surface area contributed by atoms with Crippen LogP contribution in [0.15, 0.2) is 197 Å². The van der Waals surface area contributed by atoms with Gasteiger partial charge in [0.2, 0.25) is 12.6 Å². The van der Waals surface area contributed by atoms with Gasteiger partial charge in [0.25, 0.3) is 0 Å². The Hall–Kier alpha value is -9.15. The lowest BCUT2D eigenvalue weighted by atomic mass is 9.86. The van der Waals surface area contributed by atoms with Crippen molar-refractivity contribution in [2.45, 2.75) is 386 Å². The normalized spacial score (nSPS) is 29.7. The second-order valence-corrected chi connectivity index (χ2v) is 44.7. The van der Waals surface area contributed by atoms with Gasteiger partial charge >= 0.3 is 30.1 Å². The summed E-state index contributed by atoms with van der Waals surface area (Å²) >= 11 is 1.40. The zero-order valence-corrected chi connectivity index (χ0v) is 89.2. The van der Waals surface area contributed by atoms with Crippen LogP contribution in [0.2, 0.25) is 0 Å². The van der Waals surface area contributed by atoms with Gasteiger partial charge in [-0.15, -0.1) is 0 Å². The number of rotatable bonds is 28. The highest BCUT2D eigenvalue weighted by atomic mass is 32.2. The molecule has 7 aliphatic heterocycles. The molecule has 2 amide bonds. The molecular formula is C111H159F2N9O20S2. The molecule has 2 N–H and O–H groups in total. The summed E-state index contributed by atoms with van der Waals surface area (Å²) in [5.74, 6) is -1.68. The molecule has 29 nitrogen and oxygen atoms in total. The second kappa shape index (κ2) is 59.1. The lowest BCUT2D eigenvalue weighted by Crippen LogP contribution is -2.51. The summed E-state index contributed by atoms with van der Waals surface area (Å²) in [4.78, 5) is 69.1. The fraction of sp³-hybridized carbons (Fsp3) is 0.631. The molecule has 0 spiro atoms. The fourth-order valence-corrected chi connectivity index (χ4v) is 20.9. The van der Waals surface area contributed by atoms with E-state index in [2.05, 4.69) is 33.9 Å². The van der Waals surface area contributed by atoms with Crippen molar-refractivity contribution < 1.29 is 104 Å². The molecule has 15 rings (SSSR count). The van der Waals surface area contributed by atoms with Crippen LogP contribution in [0.25, 0.3) is 20.9 Å². The Balaban J connectivity index is 0.000000190. The first kappa shape index (κ1) is 118. The highest BCUT2D eigenvalue weighted by molar-refractivity contribution is 7.99. The topological polar surface area (TPSA) is 361 Å². The largest absolute Gasteiger partial charge is 0.456 e. The molecule has 6 aromatic rings. The number of nitrogens with zero attached hydrogens (tertiary/aromatic N) is 9. The first-order chi connectivity index (χ1) is 68.7. The number of carbonyl (C=O) groups excluding carboxylic acids is 5. The van der Waals surface area contributed by atoms with Gasteiger partial charge in [0.05, 0.1) is 90.8 Å². The minimum atomic E-state index is -1.21. The molecular weight excluding hydrogens is 1880 g/mol. The van der Waals surface area contributed by atoms with Gasteiger partial charge in [0.1, 0.15) is 42.0 Å². The highest BCUT2D eigenvalue weighted by Crippen LogP contribution is 2.54. The van der Waals surface area contributed by atoms with Gasteiger partial charge in [0.15, 0.2) is 18.7 Å². The Morgan fingerprint density at radius 3 is 1.19 bits per heavy atom. The summed E-state index contributed by atoms with van der Waals surface area (Å²) in [6.45, 7) is 37.0. The van der Waals surface area contributed by atoms with Crippen LogP contribution in [-0.4, -0.2) is 199 Å². The molecule has 144 heavy (non-hydrogen) atoms. The molecule has 9 unspecified atom stereocenters. The van der Waals surface area contributed by atoms with E-state index < -0.39 is 84.0 Å². The van der Waals surface area contributed by atoms with Gasteiger partial charge in [0, 0.05) is 91.3 Å². The highest BCUT2D eigenvalue weighted by Gasteiger charge is 2.51. The number of ether oxygens (including phenoxy) is 12. The number of benzene rings is 6. The fourth-order valence-electron chi connectivity index (χ4n) is 18.4. The van der Waals surface area contributed by atoms with Crippen molar-refractivity contribution in [3.05, 3.63) is 231 Å². The maximum Gasteiger partial charge on any atom is 0.410 e. The molecule has 2 saturated carbocycles. The SMILES string of the molecule is CC(=O)OC1O[C@H](CN(Cc2ccccc2)C(=O)OCc2ccccc2)CCC1C.CC1CC[C@@H](CN(Cc2ccccc2)C(=O)OCc2ccccc2)OC1O.CC1CC[C@@H](CN(Cc2ccccc2)[S@@](=O)C(C)(C)C)OC1O.CC1O[C@H](C2(C)CC2)CC[C@@H]1N=[N+]=[N-].CC1O[C@H](C2(C)CC2)CC[C@H]1N=[N+]=[N-].CC[C@H]1OC(OC(C)=O)[C@H](C)[C@@H](F)[C@@H]1C.CC[C@H]1O[C@@H](Sc2ccccc2)[C@H](OC(C)=O)[C@@H](F)[C@@H]1C. The average molecular weight is 2040 g/mol. The Labute approximate surface area is 858 Å². The number of hydrogen-bond acceptors (Lipinski definition) is 23. The maximum absolute atomic E-state index is 14.6. The monoisotopic (exact) mass is 2040 g/mol. The summed E-state index contributed by atoms with van der Waals surface area (Å²) in [6.07, 6.45) is 9.34. The average Bonchev–Trinajstić information content (AvgIpc) is 1.79. The summed E-state index contributed by atoms with van der Waals surface area (Å²) in [5, 5.41) is 27.4.